The molecule has 0 fully saturated rings. The zero-order chi connectivity index (χ0) is 11.8. The fraction of sp³-hybridized carbons (Fsp3) is 0.417. The lowest BCUT2D eigenvalue weighted by Gasteiger charge is -2.05. The van der Waals surface area contributed by atoms with Crippen LogP contribution in [-0.4, -0.2) is 29.2 Å². The highest BCUT2D eigenvalue weighted by molar-refractivity contribution is 5.81. The molecule has 4 nitrogen and oxygen atoms in total. The highest BCUT2D eigenvalue weighted by atomic mass is 16.5. The van der Waals surface area contributed by atoms with Crippen LogP contribution >= 0.6 is 0 Å². The van der Waals surface area contributed by atoms with E-state index in [0.717, 1.165) is 24.3 Å². The molecule has 0 spiro atoms. The molecule has 0 heterocycles. The van der Waals surface area contributed by atoms with Gasteiger partial charge < -0.3 is 15.1 Å². The Morgan fingerprint density at radius 2 is 2.00 bits per heavy atom. The number of hydrogen-bond donors (Lipinski definition) is 2. The molecule has 0 aromatic heterocycles. The van der Waals surface area contributed by atoms with Crippen molar-refractivity contribution in [3.63, 3.8) is 0 Å². The first-order valence-electron chi connectivity index (χ1n) is 5.26. The van der Waals surface area contributed by atoms with E-state index in [2.05, 4.69) is 5.16 Å². The Morgan fingerprint density at radius 1 is 1.31 bits per heavy atom. The quantitative estimate of drug-likeness (QED) is 0.439. The lowest BCUT2D eigenvalue weighted by Crippen LogP contribution is -2.01. The molecule has 0 aliphatic rings. The van der Waals surface area contributed by atoms with E-state index in [1.165, 1.54) is 5.56 Å². The second-order valence-corrected chi connectivity index (χ2v) is 3.55. The third-order valence-electron chi connectivity index (χ3n) is 2.23. The Balaban J connectivity index is 2.45. The highest BCUT2D eigenvalue weighted by Gasteiger charge is 1.97. The van der Waals surface area contributed by atoms with Crippen LogP contribution in [0.3, 0.4) is 0 Å². The van der Waals surface area contributed by atoms with Gasteiger partial charge in [0.15, 0.2) is 0 Å². The predicted octanol–water partition coefficient (Wildman–Crippen LogP) is 1.84. The van der Waals surface area contributed by atoms with Crippen molar-refractivity contribution >= 4 is 5.71 Å². The molecule has 0 bridgehead atoms. The van der Waals surface area contributed by atoms with Crippen LogP contribution in [-0.2, 0) is 6.42 Å². The first kappa shape index (κ1) is 12.5. The SMILES string of the molecule is CC(CCc1ccc(OCCO)cc1)=NO. The third-order valence-corrected chi connectivity index (χ3v) is 2.23. The molecule has 1 rings (SSSR count). The van der Waals surface area contributed by atoms with Gasteiger partial charge in [-0.2, -0.15) is 0 Å². The molecule has 1 aromatic rings. The maximum absolute atomic E-state index is 8.59. The van der Waals surface area contributed by atoms with Crippen molar-refractivity contribution in [3.05, 3.63) is 29.8 Å². The summed E-state index contributed by atoms with van der Waals surface area (Å²) in [5.41, 5.74) is 1.89. The molecule has 16 heavy (non-hydrogen) atoms. The predicted molar refractivity (Wildman–Crippen MR) is 62.2 cm³/mol. The van der Waals surface area contributed by atoms with E-state index in [4.69, 9.17) is 15.1 Å². The van der Waals surface area contributed by atoms with Crippen molar-refractivity contribution < 1.29 is 15.1 Å². The van der Waals surface area contributed by atoms with Crippen LogP contribution < -0.4 is 4.74 Å². The number of hydrogen-bond acceptors (Lipinski definition) is 4. The van der Waals surface area contributed by atoms with Crippen molar-refractivity contribution in [2.45, 2.75) is 19.8 Å². The molecule has 0 aliphatic carbocycles. The topological polar surface area (TPSA) is 62.0 Å². The lowest BCUT2D eigenvalue weighted by atomic mass is 10.1. The van der Waals surface area contributed by atoms with E-state index in [1.54, 1.807) is 6.92 Å². The fourth-order valence-electron chi connectivity index (χ4n) is 1.29. The number of benzene rings is 1. The average molecular weight is 223 g/mol. The van der Waals surface area contributed by atoms with Crippen LogP contribution in [0, 0.1) is 0 Å². The van der Waals surface area contributed by atoms with Crippen LogP contribution in [0.1, 0.15) is 18.9 Å². The zero-order valence-corrected chi connectivity index (χ0v) is 9.39. The van der Waals surface area contributed by atoms with Crippen molar-refractivity contribution in [2.24, 2.45) is 5.16 Å². The highest BCUT2D eigenvalue weighted by Crippen LogP contribution is 2.13. The molecule has 1 aromatic carbocycles. The van der Waals surface area contributed by atoms with Gasteiger partial charge >= 0.3 is 0 Å². The Kier molecular flexibility index (Phi) is 5.36. The molecule has 0 amide bonds. The molecule has 88 valence electrons. The van der Waals surface area contributed by atoms with Crippen molar-refractivity contribution in [3.8, 4) is 5.75 Å². The van der Waals surface area contributed by atoms with Gasteiger partial charge in [0.1, 0.15) is 12.4 Å². The van der Waals surface area contributed by atoms with Gasteiger partial charge in [-0.25, -0.2) is 0 Å². The summed E-state index contributed by atoms with van der Waals surface area (Å²) >= 11 is 0. The van der Waals surface area contributed by atoms with E-state index in [9.17, 15) is 0 Å². The molecule has 0 aliphatic heterocycles. The average Bonchev–Trinajstić information content (AvgIpc) is 2.34. The first-order valence-corrected chi connectivity index (χ1v) is 5.26. The van der Waals surface area contributed by atoms with E-state index < -0.39 is 0 Å². The maximum Gasteiger partial charge on any atom is 0.119 e. The number of aliphatic hydroxyl groups is 1. The maximum atomic E-state index is 8.59. The molecule has 4 heteroatoms. The third kappa shape index (κ3) is 4.31. The summed E-state index contributed by atoms with van der Waals surface area (Å²) in [4.78, 5) is 0. The van der Waals surface area contributed by atoms with Crippen LogP contribution in [0.25, 0.3) is 0 Å². The Morgan fingerprint density at radius 3 is 2.56 bits per heavy atom. The van der Waals surface area contributed by atoms with Gasteiger partial charge in [-0.15, -0.1) is 0 Å². The van der Waals surface area contributed by atoms with Crippen LogP contribution in [0.4, 0.5) is 0 Å². The van der Waals surface area contributed by atoms with Crippen molar-refractivity contribution in [1.29, 1.82) is 0 Å². The summed E-state index contributed by atoms with van der Waals surface area (Å²) in [5.74, 6) is 0.755. The van der Waals surface area contributed by atoms with Crippen molar-refractivity contribution in [1.82, 2.24) is 0 Å². The minimum atomic E-state index is 0.0217. The molecular weight excluding hydrogens is 206 g/mol. The lowest BCUT2D eigenvalue weighted by molar-refractivity contribution is 0.201. The number of ether oxygens (including phenoxy) is 1. The van der Waals surface area contributed by atoms with Crippen LogP contribution in [0.5, 0.6) is 5.75 Å². The molecule has 0 radical (unpaired) electrons. The Hall–Kier alpha value is -1.55. The minimum absolute atomic E-state index is 0.0217. The number of aryl methyl sites for hydroxylation is 1. The second kappa shape index (κ2) is 6.85. The molecule has 2 N–H and O–H groups in total. The van der Waals surface area contributed by atoms with E-state index >= 15 is 0 Å². The molecule has 0 atom stereocenters. The Labute approximate surface area is 95.2 Å². The molecule has 0 saturated carbocycles. The minimum Gasteiger partial charge on any atom is -0.491 e. The fourth-order valence-corrected chi connectivity index (χ4v) is 1.29. The largest absolute Gasteiger partial charge is 0.491 e. The van der Waals surface area contributed by atoms with Crippen molar-refractivity contribution in [2.75, 3.05) is 13.2 Å². The smallest absolute Gasteiger partial charge is 0.119 e. The van der Waals surface area contributed by atoms with Crippen LogP contribution in [0.2, 0.25) is 0 Å². The van der Waals surface area contributed by atoms with Gasteiger partial charge in [-0.3, -0.25) is 0 Å². The summed E-state index contributed by atoms with van der Waals surface area (Å²) in [6, 6.07) is 7.68. The monoisotopic (exact) mass is 223 g/mol. The summed E-state index contributed by atoms with van der Waals surface area (Å²) in [6.07, 6.45) is 1.59. The Bertz CT molecular complexity index is 333. The number of oxime groups is 1. The van der Waals surface area contributed by atoms with Gasteiger partial charge in [-0.1, -0.05) is 17.3 Å². The molecular formula is C12H17NO3. The van der Waals surface area contributed by atoms with Gasteiger partial charge in [0, 0.05) is 0 Å². The van der Waals surface area contributed by atoms with Gasteiger partial charge in [-0.05, 0) is 37.5 Å². The summed E-state index contributed by atoms with van der Waals surface area (Å²) in [5, 5.41) is 20.2. The summed E-state index contributed by atoms with van der Waals surface area (Å²) in [6.45, 7) is 2.13. The zero-order valence-electron chi connectivity index (χ0n) is 9.39. The molecule has 0 unspecified atom stereocenters. The van der Waals surface area contributed by atoms with Gasteiger partial charge in [0.25, 0.3) is 0 Å². The van der Waals surface area contributed by atoms with E-state index in [-0.39, 0.29) is 6.61 Å². The van der Waals surface area contributed by atoms with Gasteiger partial charge in [0.05, 0.1) is 12.3 Å². The number of aliphatic hydroxyl groups excluding tert-OH is 1. The standard InChI is InChI=1S/C12H17NO3/c1-10(13-15)2-3-11-4-6-12(7-5-11)16-9-8-14/h4-7,14-15H,2-3,8-9H2,1H3. The normalized spacial score (nSPS) is 11.5. The first-order chi connectivity index (χ1) is 7.76. The van der Waals surface area contributed by atoms with Crippen LogP contribution in [0.15, 0.2) is 29.4 Å². The second-order valence-electron chi connectivity index (χ2n) is 3.55. The number of nitrogens with zero attached hydrogens (tertiary/aromatic N) is 1. The van der Waals surface area contributed by atoms with E-state index in [1.807, 2.05) is 24.3 Å². The van der Waals surface area contributed by atoms with E-state index in [0.29, 0.717) is 6.61 Å². The van der Waals surface area contributed by atoms with Gasteiger partial charge in [0.2, 0.25) is 0 Å². The molecule has 0 saturated heterocycles. The summed E-state index contributed by atoms with van der Waals surface area (Å²) < 4.78 is 5.24. The number of rotatable bonds is 6. The summed E-state index contributed by atoms with van der Waals surface area (Å²) in [7, 11) is 0.